The molecule has 23 heavy (non-hydrogen) atoms. The predicted octanol–water partition coefficient (Wildman–Crippen LogP) is 4.43. The van der Waals surface area contributed by atoms with Gasteiger partial charge in [0.05, 0.1) is 6.61 Å². The zero-order valence-corrected chi connectivity index (χ0v) is 14.8. The van der Waals surface area contributed by atoms with Crippen LogP contribution in [-0.2, 0) is 13.2 Å². The largest absolute Gasteiger partial charge is 0.489 e. The van der Waals surface area contributed by atoms with Crippen LogP contribution in [0.5, 0.6) is 5.75 Å². The molecule has 0 aliphatic heterocycles. The van der Waals surface area contributed by atoms with Crippen molar-refractivity contribution in [1.82, 2.24) is 5.32 Å². The molecule has 0 atom stereocenters. The Morgan fingerprint density at radius 1 is 1.04 bits per heavy atom. The first-order chi connectivity index (χ1) is 10.9. The second kappa shape index (κ2) is 8.02. The third-order valence-electron chi connectivity index (χ3n) is 3.48. The van der Waals surface area contributed by atoms with E-state index in [-0.39, 0.29) is 12.1 Å². The highest BCUT2D eigenvalue weighted by Gasteiger charge is 2.16. The topological polar surface area (TPSA) is 41.5 Å². The van der Waals surface area contributed by atoms with Crippen molar-refractivity contribution in [2.45, 2.75) is 32.5 Å². The number of halogens is 2. The maximum absolute atomic E-state index is 9.34. The van der Waals surface area contributed by atoms with Crippen LogP contribution in [0.25, 0.3) is 0 Å². The third-order valence-corrected chi connectivity index (χ3v) is 3.97. The SMILES string of the molecule is CC(C)(CO)NCc1cc(Cl)ccc1OCc1ccc(Cl)cc1. The third kappa shape index (κ3) is 5.70. The van der Waals surface area contributed by atoms with E-state index >= 15 is 0 Å². The van der Waals surface area contributed by atoms with E-state index in [4.69, 9.17) is 27.9 Å². The Kier molecular flexibility index (Phi) is 6.31. The molecular weight excluding hydrogens is 333 g/mol. The van der Waals surface area contributed by atoms with Crippen LogP contribution in [0.3, 0.4) is 0 Å². The number of aliphatic hydroxyl groups is 1. The monoisotopic (exact) mass is 353 g/mol. The highest BCUT2D eigenvalue weighted by atomic mass is 35.5. The van der Waals surface area contributed by atoms with Crippen LogP contribution in [0.1, 0.15) is 25.0 Å². The fraction of sp³-hybridized carbons (Fsp3) is 0.333. The molecule has 0 unspecified atom stereocenters. The fourth-order valence-corrected chi connectivity index (χ4v) is 2.28. The van der Waals surface area contributed by atoms with Crippen molar-refractivity contribution >= 4 is 23.2 Å². The summed E-state index contributed by atoms with van der Waals surface area (Å²) < 4.78 is 5.91. The molecule has 2 N–H and O–H groups in total. The normalized spacial score (nSPS) is 11.5. The van der Waals surface area contributed by atoms with Gasteiger partial charge in [0.2, 0.25) is 0 Å². The van der Waals surface area contributed by atoms with Crippen LogP contribution in [0, 0.1) is 0 Å². The first kappa shape index (κ1) is 18.1. The first-order valence-corrected chi connectivity index (χ1v) is 8.17. The molecular formula is C18H21Cl2NO2. The Labute approximate surface area is 147 Å². The summed E-state index contributed by atoms with van der Waals surface area (Å²) in [5.74, 6) is 0.769. The van der Waals surface area contributed by atoms with Crippen LogP contribution >= 0.6 is 23.2 Å². The number of hydrogen-bond acceptors (Lipinski definition) is 3. The van der Waals surface area contributed by atoms with E-state index in [0.29, 0.717) is 23.2 Å². The lowest BCUT2D eigenvalue weighted by molar-refractivity contribution is 0.186. The van der Waals surface area contributed by atoms with E-state index in [2.05, 4.69) is 5.32 Å². The molecule has 0 spiro atoms. The first-order valence-electron chi connectivity index (χ1n) is 7.41. The minimum absolute atomic E-state index is 0.0501. The van der Waals surface area contributed by atoms with Gasteiger partial charge in [-0.25, -0.2) is 0 Å². The second-order valence-corrected chi connectivity index (χ2v) is 6.94. The Balaban J connectivity index is 2.07. The molecule has 0 amide bonds. The molecule has 0 saturated carbocycles. The fourth-order valence-electron chi connectivity index (χ4n) is 1.96. The van der Waals surface area contributed by atoms with Crippen molar-refractivity contribution in [3.8, 4) is 5.75 Å². The Hall–Kier alpha value is -1.26. The van der Waals surface area contributed by atoms with Crippen LogP contribution in [0.2, 0.25) is 10.0 Å². The molecule has 2 aromatic rings. The summed E-state index contributed by atoms with van der Waals surface area (Å²) in [5.41, 5.74) is 1.63. The molecule has 2 aromatic carbocycles. The van der Waals surface area contributed by atoms with Gasteiger partial charge in [0.1, 0.15) is 12.4 Å². The van der Waals surface area contributed by atoms with Crippen LogP contribution < -0.4 is 10.1 Å². The lowest BCUT2D eigenvalue weighted by Crippen LogP contribution is -2.42. The zero-order valence-electron chi connectivity index (χ0n) is 13.3. The van der Waals surface area contributed by atoms with Crippen LogP contribution in [0.15, 0.2) is 42.5 Å². The van der Waals surface area contributed by atoms with E-state index in [1.807, 2.05) is 50.2 Å². The quantitative estimate of drug-likeness (QED) is 0.773. The maximum atomic E-state index is 9.34. The van der Waals surface area contributed by atoms with E-state index in [1.54, 1.807) is 6.07 Å². The lowest BCUT2D eigenvalue weighted by atomic mass is 10.1. The number of ether oxygens (including phenoxy) is 1. The molecule has 3 nitrogen and oxygen atoms in total. The van der Waals surface area contributed by atoms with Gasteiger partial charge in [-0.2, -0.15) is 0 Å². The number of nitrogens with one attached hydrogen (secondary N) is 1. The molecule has 5 heteroatoms. The number of aliphatic hydroxyl groups excluding tert-OH is 1. The summed E-state index contributed by atoms with van der Waals surface area (Å²) in [6.07, 6.45) is 0. The average molecular weight is 354 g/mol. The average Bonchev–Trinajstić information content (AvgIpc) is 2.53. The summed E-state index contributed by atoms with van der Waals surface area (Å²) in [6, 6.07) is 13.1. The molecule has 0 heterocycles. The number of rotatable bonds is 7. The van der Waals surface area contributed by atoms with Crippen molar-refractivity contribution in [3.63, 3.8) is 0 Å². The Morgan fingerprint density at radius 2 is 1.70 bits per heavy atom. The van der Waals surface area contributed by atoms with Gasteiger partial charge in [-0.15, -0.1) is 0 Å². The van der Waals surface area contributed by atoms with Gasteiger partial charge in [-0.05, 0) is 49.7 Å². The molecule has 0 radical (unpaired) electrons. The van der Waals surface area contributed by atoms with E-state index < -0.39 is 0 Å². The molecule has 0 bridgehead atoms. The van der Waals surface area contributed by atoms with Gasteiger partial charge in [0, 0.05) is 27.7 Å². The molecule has 124 valence electrons. The summed E-state index contributed by atoms with van der Waals surface area (Å²) >= 11 is 12.0. The van der Waals surface area contributed by atoms with Gasteiger partial charge in [0.15, 0.2) is 0 Å². The van der Waals surface area contributed by atoms with Crippen molar-refractivity contribution in [2.75, 3.05) is 6.61 Å². The van der Waals surface area contributed by atoms with Crippen LogP contribution in [-0.4, -0.2) is 17.3 Å². The van der Waals surface area contributed by atoms with Crippen molar-refractivity contribution in [2.24, 2.45) is 0 Å². The minimum Gasteiger partial charge on any atom is -0.489 e. The van der Waals surface area contributed by atoms with E-state index in [9.17, 15) is 5.11 Å². The molecule has 2 rings (SSSR count). The van der Waals surface area contributed by atoms with Gasteiger partial charge < -0.3 is 15.2 Å². The standard InChI is InChI=1S/C18H21Cl2NO2/c1-18(2,12-22)21-10-14-9-16(20)7-8-17(14)23-11-13-3-5-15(19)6-4-13/h3-9,21-22H,10-12H2,1-2H3. The second-order valence-electron chi connectivity index (χ2n) is 6.06. The van der Waals surface area contributed by atoms with Crippen molar-refractivity contribution < 1.29 is 9.84 Å². The van der Waals surface area contributed by atoms with E-state index in [0.717, 1.165) is 16.9 Å². The summed E-state index contributed by atoms with van der Waals surface area (Å²) in [5, 5.41) is 14.0. The zero-order chi connectivity index (χ0) is 16.9. The van der Waals surface area contributed by atoms with Gasteiger partial charge in [-0.3, -0.25) is 0 Å². The number of hydrogen-bond donors (Lipinski definition) is 2. The highest BCUT2D eigenvalue weighted by molar-refractivity contribution is 6.30. The summed E-state index contributed by atoms with van der Waals surface area (Å²) in [6.45, 7) is 4.94. The minimum atomic E-state index is -0.365. The Bertz CT molecular complexity index is 642. The predicted molar refractivity (Wildman–Crippen MR) is 95.2 cm³/mol. The maximum Gasteiger partial charge on any atom is 0.124 e. The van der Waals surface area contributed by atoms with Crippen LogP contribution in [0.4, 0.5) is 0 Å². The van der Waals surface area contributed by atoms with Gasteiger partial charge in [-0.1, -0.05) is 35.3 Å². The molecule has 0 aliphatic carbocycles. The molecule has 0 fully saturated rings. The van der Waals surface area contributed by atoms with Crippen molar-refractivity contribution in [1.29, 1.82) is 0 Å². The van der Waals surface area contributed by atoms with Gasteiger partial charge in [0.25, 0.3) is 0 Å². The van der Waals surface area contributed by atoms with Crippen molar-refractivity contribution in [3.05, 3.63) is 63.6 Å². The highest BCUT2D eigenvalue weighted by Crippen LogP contribution is 2.24. The summed E-state index contributed by atoms with van der Waals surface area (Å²) in [4.78, 5) is 0. The Morgan fingerprint density at radius 3 is 2.35 bits per heavy atom. The number of benzene rings is 2. The smallest absolute Gasteiger partial charge is 0.124 e. The summed E-state index contributed by atoms with van der Waals surface area (Å²) in [7, 11) is 0. The van der Waals surface area contributed by atoms with Gasteiger partial charge >= 0.3 is 0 Å². The van der Waals surface area contributed by atoms with E-state index in [1.165, 1.54) is 0 Å². The molecule has 0 aliphatic rings. The molecule has 0 saturated heterocycles. The lowest BCUT2D eigenvalue weighted by Gasteiger charge is -2.24. The molecule has 0 aromatic heterocycles.